The average Bonchev–Trinajstić information content (AvgIpc) is 3.25. The predicted molar refractivity (Wildman–Crippen MR) is 82.9 cm³/mol. The molecule has 0 bridgehead atoms. The number of aromatic nitrogens is 1. The van der Waals surface area contributed by atoms with Gasteiger partial charge < -0.3 is 5.32 Å². The monoisotopic (exact) mass is 303 g/mol. The highest BCUT2D eigenvalue weighted by atomic mass is 32.2. The normalized spacial score (nSPS) is 14.7. The Balaban J connectivity index is 1.75. The molecule has 0 saturated heterocycles. The molecule has 1 heterocycles. The highest BCUT2D eigenvalue weighted by Crippen LogP contribution is 2.24. The smallest absolute Gasteiger partial charge is 0.261 e. The third-order valence-electron chi connectivity index (χ3n) is 3.24. The van der Waals surface area contributed by atoms with E-state index in [1.54, 1.807) is 30.3 Å². The maximum absolute atomic E-state index is 12.3. The van der Waals surface area contributed by atoms with Gasteiger partial charge in [-0.05, 0) is 49.6 Å². The summed E-state index contributed by atoms with van der Waals surface area (Å²) in [5.41, 5.74) is 1.36. The Kier molecular flexibility index (Phi) is 3.55. The van der Waals surface area contributed by atoms with Crippen molar-refractivity contribution in [2.24, 2.45) is 0 Å². The molecule has 1 aliphatic carbocycles. The molecule has 0 unspecified atom stereocenters. The topological polar surface area (TPSA) is 71.1 Å². The lowest BCUT2D eigenvalue weighted by molar-refractivity contribution is 0.601. The first kappa shape index (κ1) is 13.9. The Labute approximate surface area is 124 Å². The molecule has 2 N–H and O–H groups in total. The third kappa shape index (κ3) is 3.52. The van der Waals surface area contributed by atoms with Gasteiger partial charge >= 0.3 is 0 Å². The Morgan fingerprint density at radius 3 is 2.62 bits per heavy atom. The molecule has 6 heteroatoms. The first-order valence-electron chi connectivity index (χ1n) is 6.85. The van der Waals surface area contributed by atoms with Gasteiger partial charge in [0.05, 0.1) is 16.8 Å². The van der Waals surface area contributed by atoms with E-state index in [9.17, 15) is 8.42 Å². The second-order valence-corrected chi connectivity index (χ2v) is 6.96. The summed E-state index contributed by atoms with van der Waals surface area (Å²) in [6, 6.07) is 10.8. The number of anilines is 2. The Bertz CT molecular complexity index is 738. The molecule has 1 saturated carbocycles. The fourth-order valence-electron chi connectivity index (χ4n) is 1.97. The van der Waals surface area contributed by atoms with Gasteiger partial charge in [-0.1, -0.05) is 12.1 Å². The summed E-state index contributed by atoms with van der Waals surface area (Å²) >= 11 is 0. The molecule has 0 radical (unpaired) electrons. The van der Waals surface area contributed by atoms with Crippen molar-refractivity contribution in [2.45, 2.75) is 30.7 Å². The molecule has 0 amide bonds. The molecule has 1 aliphatic rings. The molecule has 0 spiro atoms. The largest absolute Gasteiger partial charge is 0.367 e. The van der Waals surface area contributed by atoms with Crippen LogP contribution in [0.5, 0.6) is 0 Å². The van der Waals surface area contributed by atoms with E-state index in [4.69, 9.17) is 0 Å². The fraction of sp³-hybridized carbons (Fsp3) is 0.267. The number of hydrogen-bond donors (Lipinski definition) is 2. The minimum Gasteiger partial charge on any atom is -0.367 e. The van der Waals surface area contributed by atoms with Crippen molar-refractivity contribution in [2.75, 3.05) is 10.0 Å². The van der Waals surface area contributed by atoms with E-state index in [2.05, 4.69) is 15.0 Å². The molecule has 3 rings (SSSR count). The zero-order chi connectivity index (χ0) is 14.9. The first-order chi connectivity index (χ1) is 10.0. The van der Waals surface area contributed by atoms with E-state index in [1.165, 1.54) is 19.0 Å². The molecule has 110 valence electrons. The standard InChI is InChI=1S/C15H17N3O2S/c1-11-3-2-4-14(9-11)21(19,20)18-13-7-8-15(16-10-13)17-12-5-6-12/h2-4,7-10,12,18H,5-6H2,1H3,(H,16,17). The van der Waals surface area contributed by atoms with Crippen LogP contribution in [0.25, 0.3) is 0 Å². The van der Waals surface area contributed by atoms with E-state index >= 15 is 0 Å². The number of nitrogens with zero attached hydrogens (tertiary/aromatic N) is 1. The van der Waals surface area contributed by atoms with Gasteiger partial charge in [-0.15, -0.1) is 0 Å². The van der Waals surface area contributed by atoms with E-state index in [0.29, 0.717) is 11.7 Å². The average molecular weight is 303 g/mol. The number of pyridine rings is 1. The van der Waals surface area contributed by atoms with Crippen LogP contribution in [-0.4, -0.2) is 19.4 Å². The molecular formula is C15H17N3O2S. The number of sulfonamides is 1. The maximum atomic E-state index is 12.3. The minimum absolute atomic E-state index is 0.252. The SMILES string of the molecule is Cc1cccc(S(=O)(=O)Nc2ccc(NC3CC3)nc2)c1. The highest BCUT2D eigenvalue weighted by Gasteiger charge is 2.21. The van der Waals surface area contributed by atoms with Gasteiger partial charge in [-0.3, -0.25) is 4.72 Å². The molecule has 0 aliphatic heterocycles. The van der Waals surface area contributed by atoms with Crippen LogP contribution < -0.4 is 10.0 Å². The lowest BCUT2D eigenvalue weighted by atomic mass is 10.2. The summed E-state index contributed by atoms with van der Waals surface area (Å²) < 4.78 is 27.1. The van der Waals surface area contributed by atoms with Crippen LogP contribution in [-0.2, 0) is 10.0 Å². The second kappa shape index (κ2) is 5.37. The van der Waals surface area contributed by atoms with Gasteiger partial charge in [0.25, 0.3) is 10.0 Å². The molecule has 1 aromatic heterocycles. The van der Waals surface area contributed by atoms with Crippen molar-refractivity contribution in [3.63, 3.8) is 0 Å². The van der Waals surface area contributed by atoms with Crippen LogP contribution in [0.1, 0.15) is 18.4 Å². The Morgan fingerprint density at radius 1 is 1.19 bits per heavy atom. The summed E-state index contributed by atoms with van der Waals surface area (Å²) in [6.07, 6.45) is 3.87. The summed E-state index contributed by atoms with van der Waals surface area (Å²) in [5, 5.41) is 3.26. The van der Waals surface area contributed by atoms with Gasteiger partial charge in [0, 0.05) is 6.04 Å². The van der Waals surface area contributed by atoms with Crippen molar-refractivity contribution in [1.82, 2.24) is 4.98 Å². The van der Waals surface area contributed by atoms with Gasteiger partial charge in [0.15, 0.2) is 0 Å². The van der Waals surface area contributed by atoms with Crippen LogP contribution in [0.4, 0.5) is 11.5 Å². The lowest BCUT2D eigenvalue weighted by Crippen LogP contribution is -2.13. The number of aryl methyl sites for hydroxylation is 1. The van der Waals surface area contributed by atoms with Crippen molar-refractivity contribution in [3.8, 4) is 0 Å². The van der Waals surface area contributed by atoms with E-state index < -0.39 is 10.0 Å². The molecule has 2 aromatic rings. The summed E-state index contributed by atoms with van der Waals surface area (Å²) in [6.45, 7) is 1.86. The minimum atomic E-state index is -3.57. The number of hydrogen-bond acceptors (Lipinski definition) is 4. The predicted octanol–water partition coefficient (Wildman–Crippen LogP) is 2.77. The van der Waals surface area contributed by atoms with Crippen molar-refractivity contribution >= 4 is 21.5 Å². The van der Waals surface area contributed by atoms with Crippen molar-refractivity contribution in [1.29, 1.82) is 0 Å². The molecular weight excluding hydrogens is 286 g/mol. The zero-order valence-corrected chi connectivity index (χ0v) is 12.5. The van der Waals surface area contributed by atoms with E-state index in [-0.39, 0.29) is 4.90 Å². The summed E-state index contributed by atoms with van der Waals surface area (Å²) in [4.78, 5) is 4.47. The molecule has 1 aromatic carbocycles. The van der Waals surface area contributed by atoms with Gasteiger partial charge in [-0.25, -0.2) is 13.4 Å². The van der Waals surface area contributed by atoms with E-state index in [1.807, 2.05) is 13.0 Å². The van der Waals surface area contributed by atoms with Crippen LogP contribution in [0.2, 0.25) is 0 Å². The number of rotatable bonds is 5. The quantitative estimate of drug-likeness (QED) is 0.891. The van der Waals surface area contributed by atoms with Crippen molar-refractivity contribution < 1.29 is 8.42 Å². The number of benzene rings is 1. The first-order valence-corrected chi connectivity index (χ1v) is 8.33. The second-order valence-electron chi connectivity index (χ2n) is 5.27. The molecule has 1 fully saturated rings. The molecule has 0 atom stereocenters. The molecule has 21 heavy (non-hydrogen) atoms. The Morgan fingerprint density at radius 2 is 2.00 bits per heavy atom. The summed E-state index contributed by atoms with van der Waals surface area (Å²) in [5.74, 6) is 0.774. The summed E-state index contributed by atoms with van der Waals surface area (Å²) in [7, 11) is -3.57. The van der Waals surface area contributed by atoms with Crippen LogP contribution in [0, 0.1) is 6.92 Å². The maximum Gasteiger partial charge on any atom is 0.261 e. The van der Waals surface area contributed by atoms with Crippen LogP contribution in [0.15, 0.2) is 47.5 Å². The number of nitrogens with one attached hydrogen (secondary N) is 2. The lowest BCUT2D eigenvalue weighted by Gasteiger charge is -2.09. The fourth-order valence-corrected chi connectivity index (χ4v) is 3.12. The third-order valence-corrected chi connectivity index (χ3v) is 4.62. The molecule has 5 nitrogen and oxygen atoms in total. The van der Waals surface area contributed by atoms with Gasteiger partial charge in [-0.2, -0.15) is 0 Å². The highest BCUT2D eigenvalue weighted by molar-refractivity contribution is 7.92. The van der Waals surface area contributed by atoms with Gasteiger partial charge in [0.2, 0.25) is 0 Å². The Hall–Kier alpha value is -2.08. The zero-order valence-electron chi connectivity index (χ0n) is 11.7. The van der Waals surface area contributed by atoms with Crippen molar-refractivity contribution in [3.05, 3.63) is 48.2 Å². The van der Waals surface area contributed by atoms with Crippen LogP contribution in [0.3, 0.4) is 0 Å². The van der Waals surface area contributed by atoms with E-state index in [0.717, 1.165) is 11.4 Å². The van der Waals surface area contributed by atoms with Crippen LogP contribution >= 0.6 is 0 Å². The van der Waals surface area contributed by atoms with Gasteiger partial charge in [0.1, 0.15) is 5.82 Å².